The van der Waals surface area contributed by atoms with E-state index in [0.717, 1.165) is 18.6 Å². The number of hydrogen-bond acceptors (Lipinski definition) is 5. The Hall–Kier alpha value is -2.47. The number of nitrogens with zero attached hydrogens (tertiary/aromatic N) is 1. The Kier molecular flexibility index (Phi) is 6.17. The van der Waals surface area contributed by atoms with Crippen molar-refractivity contribution in [1.82, 2.24) is 4.90 Å². The summed E-state index contributed by atoms with van der Waals surface area (Å²) in [7, 11) is 3.17. The number of hydrogen-bond donors (Lipinski definition) is 1. The summed E-state index contributed by atoms with van der Waals surface area (Å²) in [4.78, 5) is 14.8. The molecule has 6 heteroatoms. The second-order valence-electron chi connectivity index (χ2n) is 6.54. The van der Waals surface area contributed by atoms with Crippen LogP contribution in [0.25, 0.3) is 0 Å². The summed E-state index contributed by atoms with van der Waals surface area (Å²) >= 11 is 0. The van der Waals surface area contributed by atoms with Crippen molar-refractivity contribution >= 4 is 11.6 Å². The van der Waals surface area contributed by atoms with Gasteiger partial charge in [0.25, 0.3) is 0 Å². The summed E-state index contributed by atoms with van der Waals surface area (Å²) in [6.07, 6.45) is 6.37. The maximum Gasteiger partial charge on any atom is 0.238 e. The van der Waals surface area contributed by atoms with Crippen molar-refractivity contribution in [3.05, 3.63) is 42.4 Å². The van der Waals surface area contributed by atoms with Crippen LogP contribution in [0, 0.1) is 0 Å². The molecular weight excluding hydrogens is 332 g/mol. The van der Waals surface area contributed by atoms with E-state index < -0.39 is 0 Å². The van der Waals surface area contributed by atoms with Crippen LogP contribution in [0.15, 0.2) is 41.0 Å². The highest BCUT2D eigenvalue weighted by molar-refractivity contribution is 5.92. The molecule has 3 rings (SSSR count). The molecule has 6 nitrogen and oxygen atoms in total. The summed E-state index contributed by atoms with van der Waals surface area (Å²) in [5.41, 5.74) is 0.692. The first kappa shape index (κ1) is 18.3. The first-order valence-electron chi connectivity index (χ1n) is 8.98. The summed E-state index contributed by atoms with van der Waals surface area (Å²) in [5, 5.41) is 2.95. The molecule has 0 saturated heterocycles. The van der Waals surface area contributed by atoms with Crippen LogP contribution in [-0.4, -0.2) is 37.6 Å². The average Bonchev–Trinajstić information content (AvgIpc) is 3.34. The third-order valence-corrected chi connectivity index (χ3v) is 4.79. The fourth-order valence-electron chi connectivity index (χ4n) is 3.49. The van der Waals surface area contributed by atoms with Crippen molar-refractivity contribution in [3.8, 4) is 11.5 Å². The van der Waals surface area contributed by atoms with Crippen LogP contribution in [0.3, 0.4) is 0 Å². The summed E-state index contributed by atoms with van der Waals surface area (Å²) in [6.45, 7) is 0.983. The van der Waals surface area contributed by atoms with Gasteiger partial charge in [0.2, 0.25) is 5.91 Å². The average molecular weight is 358 g/mol. The number of benzene rings is 1. The summed E-state index contributed by atoms with van der Waals surface area (Å²) < 4.78 is 16.0. The Bertz CT molecular complexity index is 709. The minimum absolute atomic E-state index is 0.0457. The molecule has 1 aromatic heterocycles. The van der Waals surface area contributed by atoms with E-state index >= 15 is 0 Å². The molecule has 2 aromatic rings. The topological polar surface area (TPSA) is 63.9 Å². The molecule has 26 heavy (non-hydrogen) atoms. The maximum absolute atomic E-state index is 12.6. The second-order valence-corrected chi connectivity index (χ2v) is 6.54. The van der Waals surface area contributed by atoms with Gasteiger partial charge in [-0.3, -0.25) is 9.69 Å². The van der Waals surface area contributed by atoms with Crippen LogP contribution >= 0.6 is 0 Å². The van der Waals surface area contributed by atoms with Gasteiger partial charge in [0, 0.05) is 17.8 Å². The lowest BCUT2D eigenvalue weighted by molar-refractivity contribution is -0.118. The van der Waals surface area contributed by atoms with Crippen LogP contribution < -0.4 is 14.8 Å². The van der Waals surface area contributed by atoms with E-state index in [-0.39, 0.29) is 5.91 Å². The number of carbonyl (C=O) groups is 1. The Morgan fingerprint density at radius 2 is 1.96 bits per heavy atom. The van der Waals surface area contributed by atoms with Gasteiger partial charge in [-0.2, -0.15) is 0 Å². The van der Waals surface area contributed by atoms with Gasteiger partial charge in [-0.1, -0.05) is 12.8 Å². The largest absolute Gasteiger partial charge is 0.493 e. The number of carbonyl (C=O) groups excluding carboxylic acids is 1. The number of anilines is 1. The predicted molar refractivity (Wildman–Crippen MR) is 99.5 cm³/mol. The molecule has 1 saturated carbocycles. The van der Waals surface area contributed by atoms with E-state index in [4.69, 9.17) is 13.9 Å². The fraction of sp³-hybridized carbons (Fsp3) is 0.450. The first-order valence-corrected chi connectivity index (χ1v) is 8.98. The zero-order valence-electron chi connectivity index (χ0n) is 15.4. The maximum atomic E-state index is 12.6. The van der Waals surface area contributed by atoms with Crippen molar-refractivity contribution in [3.63, 3.8) is 0 Å². The Balaban J connectivity index is 1.65. The van der Waals surface area contributed by atoms with E-state index in [1.807, 2.05) is 18.2 Å². The predicted octanol–water partition coefficient (Wildman–Crippen LogP) is 3.68. The van der Waals surface area contributed by atoms with Gasteiger partial charge in [0.05, 0.1) is 33.6 Å². The standard InChI is InChI=1S/C20H26N2O4/c1-24-18-10-9-15(12-19(18)25-2)21-20(23)14-22(16-6-3-4-7-16)13-17-8-5-11-26-17/h5,8-12,16H,3-4,6-7,13-14H2,1-2H3,(H,21,23). The Labute approximate surface area is 154 Å². The molecule has 1 fully saturated rings. The lowest BCUT2D eigenvalue weighted by Gasteiger charge is -2.27. The molecule has 0 unspecified atom stereocenters. The van der Waals surface area contributed by atoms with Gasteiger partial charge in [0.15, 0.2) is 11.5 Å². The summed E-state index contributed by atoms with van der Waals surface area (Å²) in [6, 6.07) is 9.62. The van der Waals surface area contributed by atoms with Crippen molar-refractivity contribution < 1.29 is 18.7 Å². The Morgan fingerprint density at radius 3 is 2.62 bits per heavy atom. The Morgan fingerprint density at radius 1 is 1.19 bits per heavy atom. The number of amides is 1. The molecule has 0 spiro atoms. The molecule has 1 aliphatic carbocycles. The molecule has 0 radical (unpaired) electrons. The van der Waals surface area contributed by atoms with Crippen molar-refractivity contribution in [2.75, 3.05) is 26.1 Å². The summed E-state index contributed by atoms with van der Waals surface area (Å²) in [5.74, 6) is 2.07. The molecule has 0 aliphatic heterocycles. The molecular formula is C20H26N2O4. The lowest BCUT2D eigenvalue weighted by atomic mass is 10.2. The monoisotopic (exact) mass is 358 g/mol. The van der Waals surface area contributed by atoms with Gasteiger partial charge in [0.1, 0.15) is 5.76 Å². The molecule has 1 heterocycles. The molecule has 1 amide bonds. The molecule has 0 atom stereocenters. The highest BCUT2D eigenvalue weighted by Gasteiger charge is 2.25. The van der Waals surface area contributed by atoms with Gasteiger partial charge < -0.3 is 19.2 Å². The smallest absolute Gasteiger partial charge is 0.238 e. The normalized spacial score (nSPS) is 14.6. The van der Waals surface area contributed by atoms with Crippen LogP contribution in [-0.2, 0) is 11.3 Å². The van der Waals surface area contributed by atoms with Gasteiger partial charge in [-0.15, -0.1) is 0 Å². The third-order valence-electron chi connectivity index (χ3n) is 4.79. The van der Waals surface area contributed by atoms with Crippen molar-refractivity contribution in [2.45, 2.75) is 38.3 Å². The number of rotatable bonds is 8. The van der Waals surface area contributed by atoms with Crippen molar-refractivity contribution in [1.29, 1.82) is 0 Å². The van der Waals surface area contributed by atoms with E-state index in [1.165, 1.54) is 12.8 Å². The minimum Gasteiger partial charge on any atom is -0.493 e. The number of nitrogens with one attached hydrogen (secondary N) is 1. The van der Waals surface area contributed by atoms with Crippen LogP contribution in [0.1, 0.15) is 31.4 Å². The zero-order valence-corrected chi connectivity index (χ0v) is 15.4. The molecule has 0 bridgehead atoms. The van der Waals surface area contributed by atoms with E-state index in [0.29, 0.717) is 36.3 Å². The van der Waals surface area contributed by atoms with Crippen LogP contribution in [0.2, 0.25) is 0 Å². The fourth-order valence-corrected chi connectivity index (χ4v) is 3.49. The van der Waals surface area contributed by atoms with Gasteiger partial charge in [-0.05, 0) is 37.1 Å². The minimum atomic E-state index is -0.0457. The van der Waals surface area contributed by atoms with Gasteiger partial charge in [-0.25, -0.2) is 0 Å². The highest BCUT2D eigenvalue weighted by Crippen LogP contribution is 2.30. The number of methoxy groups -OCH3 is 2. The molecule has 1 N–H and O–H groups in total. The number of furan rings is 1. The molecule has 1 aromatic carbocycles. The van der Waals surface area contributed by atoms with E-state index in [1.54, 1.807) is 32.6 Å². The van der Waals surface area contributed by atoms with E-state index in [2.05, 4.69) is 10.2 Å². The SMILES string of the molecule is COc1ccc(NC(=O)CN(Cc2ccco2)C2CCCC2)cc1OC. The van der Waals surface area contributed by atoms with E-state index in [9.17, 15) is 4.79 Å². The van der Waals surface area contributed by atoms with Gasteiger partial charge >= 0.3 is 0 Å². The lowest BCUT2D eigenvalue weighted by Crippen LogP contribution is -2.39. The zero-order chi connectivity index (χ0) is 18.4. The van der Waals surface area contributed by atoms with Crippen LogP contribution in [0.5, 0.6) is 11.5 Å². The first-order chi connectivity index (χ1) is 12.7. The van der Waals surface area contributed by atoms with Crippen molar-refractivity contribution in [2.24, 2.45) is 0 Å². The molecule has 140 valence electrons. The second kappa shape index (κ2) is 8.76. The quantitative estimate of drug-likeness (QED) is 0.780. The number of ether oxygens (including phenoxy) is 2. The third kappa shape index (κ3) is 4.58. The highest BCUT2D eigenvalue weighted by atomic mass is 16.5. The molecule has 1 aliphatic rings. The van der Waals surface area contributed by atoms with Crippen LogP contribution in [0.4, 0.5) is 5.69 Å².